The Balaban J connectivity index is 1.47. The summed E-state index contributed by atoms with van der Waals surface area (Å²) in [7, 11) is 0. The molecule has 0 aliphatic carbocycles. The highest BCUT2D eigenvalue weighted by Gasteiger charge is 2.49. The zero-order valence-corrected chi connectivity index (χ0v) is 20.7. The molecule has 0 atom stereocenters. The SMILES string of the molecule is C=CC(=O)N1CC2(CCN(c3nc4c(c(-c5cccc6snnc56)c3C#N)COC(C)(C)C4)C2)C1. The van der Waals surface area contributed by atoms with Gasteiger partial charge < -0.3 is 14.5 Å². The normalized spacial score (nSPS) is 19.9. The Morgan fingerprint density at radius 1 is 1.31 bits per heavy atom. The van der Waals surface area contributed by atoms with E-state index in [0.717, 1.165) is 71.0 Å². The van der Waals surface area contributed by atoms with Gasteiger partial charge in [0.25, 0.3) is 0 Å². The van der Waals surface area contributed by atoms with Gasteiger partial charge in [-0.15, -0.1) is 5.10 Å². The molecule has 6 rings (SSSR count). The van der Waals surface area contributed by atoms with Gasteiger partial charge in [0.05, 0.1) is 22.6 Å². The second kappa shape index (κ2) is 7.83. The molecule has 0 N–H and O–H groups in total. The number of hydrogen-bond donors (Lipinski definition) is 0. The van der Waals surface area contributed by atoms with Gasteiger partial charge in [0, 0.05) is 54.7 Å². The Labute approximate surface area is 208 Å². The molecule has 1 aromatic carbocycles. The first-order valence-electron chi connectivity index (χ1n) is 11.8. The molecule has 1 spiro atoms. The number of benzene rings is 1. The second-order valence-electron chi connectivity index (χ2n) is 10.4. The molecule has 2 aromatic heterocycles. The Morgan fingerprint density at radius 3 is 2.91 bits per heavy atom. The molecule has 0 radical (unpaired) electrons. The zero-order valence-electron chi connectivity index (χ0n) is 19.9. The van der Waals surface area contributed by atoms with Crippen molar-refractivity contribution >= 4 is 33.5 Å². The summed E-state index contributed by atoms with van der Waals surface area (Å²) in [6, 6.07) is 8.49. The summed E-state index contributed by atoms with van der Waals surface area (Å²) < 4.78 is 11.3. The average molecular weight is 487 g/mol. The fourth-order valence-corrected chi connectivity index (χ4v) is 6.33. The number of nitriles is 1. The van der Waals surface area contributed by atoms with Gasteiger partial charge >= 0.3 is 0 Å². The van der Waals surface area contributed by atoms with Gasteiger partial charge in [-0.05, 0) is 43.9 Å². The van der Waals surface area contributed by atoms with Gasteiger partial charge in [0.15, 0.2) is 0 Å². The van der Waals surface area contributed by atoms with Gasteiger partial charge in [0.1, 0.15) is 23.0 Å². The third-order valence-electron chi connectivity index (χ3n) is 7.50. The van der Waals surface area contributed by atoms with Gasteiger partial charge in [0.2, 0.25) is 5.91 Å². The van der Waals surface area contributed by atoms with Crippen LogP contribution in [-0.4, -0.2) is 57.2 Å². The lowest BCUT2D eigenvalue weighted by Crippen LogP contribution is -2.59. The van der Waals surface area contributed by atoms with Gasteiger partial charge in [-0.25, -0.2) is 4.98 Å². The van der Waals surface area contributed by atoms with Crippen LogP contribution in [0.1, 0.15) is 37.1 Å². The van der Waals surface area contributed by atoms with E-state index >= 15 is 0 Å². The summed E-state index contributed by atoms with van der Waals surface area (Å²) in [5.41, 5.74) is 4.77. The van der Waals surface area contributed by atoms with Crippen molar-refractivity contribution < 1.29 is 9.53 Å². The van der Waals surface area contributed by atoms with E-state index in [1.165, 1.54) is 17.6 Å². The standard InChI is InChI=1S/C26H26N6O2S/c1-4-21(33)32-14-26(15-32)8-9-31(13-26)24-17(11-27)22(16-6-5-7-20-23(16)29-30-35-20)18-12-34-25(2,3)10-19(18)28-24/h4-7H,1,8-10,12-15H2,2-3H3. The molecule has 178 valence electrons. The van der Waals surface area contributed by atoms with Gasteiger partial charge in [-0.3, -0.25) is 4.79 Å². The van der Waals surface area contributed by atoms with E-state index in [1.54, 1.807) is 0 Å². The number of anilines is 1. The molecule has 5 heterocycles. The largest absolute Gasteiger partial charge is 0.370 e. The Bertz CT molecular complexity index is 1420. The molecule has 35 heavy (non-hydrogen) atoms. The third-order valence-corrected chi connectivity index (χ3v) is 8.19. The van der Waals surface area contributed by atoms with Crippen molar-refractivity contribution in [2.24, 2.45) is 5.41 Å². The predicted octanol–water partition coefficient (Wildman–Crippen LogP) is 3.70. The van der Waals surface area contributed by atoms with Crippen molar-refractivity contribution in [3.05, 3.63) is 47.7 Å². The minimum absolute atomic E-state index is 0.0202. The highest BCUT2D eigenvalue weighted by atomic mass is 32.1. The molecule has 9 heteroatoms. The van der Waals surface area contributed by atoms with Crippen molar-refractivity contribution in [3.8, 4) is 17.2 Å². The van der Waals surface area contributed by atoms with E-state index in [2.05, 4.69) is 41.0 Å². The van der Waals surface area contributed by atoms with Crippen LogP contribution in [0, 0.1) is 16.7 Å². The second-order valence-corrected chi connectivity index (χ2v) is 11.2. The number of carbonyl (C=O) groups excluding carboxylic acids is 1. The van der Waals surface area contributed by atoms with Crippen molar-refractivity contribution in [2.45, 2.75) is 38.9 Å². The Kier molecular flexibility index (Phi) is 4.95. The number of nitrogens with zero attached hydrogens (tertiary/aromatic N) is 6. The molecule has 3 aliphatic rings. The van der Waals surface area contributed by atoms with Crippen LogP contribution in [0.5, 0.6) is 0 Å². The van der Waals surface area contributed by atoms with Crippen LogP contribution in [0.25, 0.3) is 21.3 Å². The van der Waals surface area contributed by atoms with E-state index in [0.29, 0.717) is 18.6 Å². The van der Waals surface area contributed by atoms with Crippen LogP contribution < -0.4 is 4.90 Å². The molecule has 2 saturated heterocycles. The molecular weight excluding hydrogens is 460 g/mol. The highest BCUT2D eigenvalue weighted by Crippen LogP contribution is 2.45. The molecule has 3 aliphatic heterocycles. The summed E-state index contributed by atoms with van der Waals surface area (Å²) in [6.45, 7) is 11.2. The van der Waals surface area contributed by atoms with Crippen LogP contribution in [0.2, 0.25) is 0 Å². The number of hydrogen-bond acceptors (Lipinski definition) is 8. The van der Waals surface area contributed by atoms with Crippen molar-refractivity contribution in [3.63, 3.8) is 0 Å². The number of likely N-dealkylation sites (tertiary alicyclic amines) is 1. The topological polar surface area (TPSA) is 95.2 Å². The Morgan fingerprint density at radius 2 is 2.14 bits per heavy atom. The average Bonchev–Trinajstić information content (AvgIpc) is 3.48. The molecule has 0 unspecified atom stereocenters. The number of rotatable bonds is 3. The predicted molar refractivity (Wildman–Crippen MR) is 134 cm³/mol. The van der Waals surface area contributed by atoms with Crippen molar-refractivity contribution in [2.75, 3.05) is 31.1 Å². The number of ether oxygens (including phenoxy) is 1. The van der Waals surface area contributed by atoms with Crippen LogP contribution in [0.15, 0.2) is 30.9 Å². The lowest BCUT2D eigenvalue weighted by Gasteiger charge is -2.47. The zero-order chi connectivity index (χ0) is 24.4. The summed E-state index contributed by atoms with van der Waals surface area (Å²) in [4.78, 5) is 21.2. The third kappa shape index (κ3) is 3.51. The van der Waals surface area contributed by atoms with E-state index in [-0.39, 0.29) is 16.9 Å². The first-order chi connectivity index (χ1) is 16.8. The molecule has 0 saturated carbocycles. The summed E-state index contributed by atoms with van der Waals surface area (Å²) in [5.74, 6) is 0.706. The molecular formula is C26H26N6O2S. The number of carbonyl (C=O) groups is 1. The number of pyridine rings is 1. The maximum Gasteiger partial charge on any atom is 0.245 e. The maximum absolute atomic E-state index is 12.0. The van der Waals surface area contributed by atoms with E-state index < -0.39 is 0 Å². The van der Waals surface area contributed by atoms with Crippen LogP contribution in [-0.2, 0) is 22.6 Å². The maximum atomic E-state index is 12.0. The van der Waals surface area contributed by atoms with Crippen LogP contribution >= 0.6 is 11.5 Å². The summed E-state index contributed by atoms with van der Waals surface area (Å²) in [6.07, 6.45) is 3.01. The molecule has 0 bridgehead atoms. The van der Waals surface area contributed by atoms with E-state index in [9.17, 15) is 10.1 Å². The quantitative estimate of drug-likeness (QED) is 0.521. The molecule has 8 nitrogen and oxygen atoms in total. The van der Waals surface area contributed by atoms with Crippen LogP contribution in [0.4, 0.5) is 5.82 Å². The number of fused-ring (bicyclic) bond motifs is 2. The van der Waals surface area contributed by atoms with Crippen molar-refractivity contribution in [1.82, 2.24) is 19.5 Å². The first kappa shape index (κ1) is 22.1. The highest BCUT2D eigenvalue weighted by molar-refractivity contribution is 7.13. The van der Waals surface area contributed by atoms with Crippen molar-refractivity contribution in [1.29, 1.82) is 5.26 Å². The lowest BCUT2D eigenvalue weighted by atomic mass is 9.79. The summed E-state index contributed by atoms with van der Waals surface area (Å²) in [5, 5.41) is 14.8. The van der Waals surface area contributed by atoms with E-state index in [4.69, 9.17) is 9.72 Å². The lowest BCUT2D eigenvalue weighted by molar-refractivity contribution is -0.136. The smallest absolute Gasteiger partial charge is 0.245 e. The van der Waals surface area contributed by atoms with Crippen LogP contribution in [0.3, 0.4) is 0 Å². The number of aromatic nitrogens is 3. The molecule has 2 fully saturated rings. The fourth-order valence-electron chi connectivity index (χ4n) is 5.74. The molecule has 3 aromatic rings. The minimum Gasteiger partial charge on any atom is -0.370 e. The number of amides is 1. The Hall–Kier alpha value is -3.35. The monoisotopic (exact) mass is 486 g/mol. The minimum atomic E-state index is -0.331. The van der Waals surface area contributed by atoms with Gasteiger partial charge in [-0.2, -0.15) is 5.26 Å². The first-order valence-corrected chi connectivity index (χ1v) is 12.6. The fraction of sp³-hybridized carbons (Fsp3) is 0.423. The van der Waals surface area contributed by atoms with Gasteiger partial charge in [-0.1, -0.05) is 23.2 Å². The summed E-state index contributed by atoms with van der Waals surface area (Å²) >= 11 is 1.35. The molecule has 1 amide bonds. The van der Waals surface area contributed by atoms with E-state index in [1.807, 2.05) is 23.1 Å².